The number of aromatic nitrogens is 1. The normalized spacial score (nSPS) is 21.0. The molecular weight excluding hydrogens is 444 g/mol. The van der Waals surface area contributed by atoms with Gasteiger partial charge in [0.15, 0.2) is 0 Å². The number of ether oxygens (including phenoxy) is 1. The number of likely N-dealkylation sites (N-methyl/N-ethyl adjacent to an activating group) is 1. The molecule has 3 amide bonds. The van der Waals surface area contributed by atoms with E-state index in [9.17, 15) is 9.59 Å². The highest BCUT2D eigenvalue weighted by Crippen LogP contribution is 2.16. The van der Waals surface area contributed by atoms with E-state index >= 15 is 0 Å². The molecule has 2 unspecified atom stereocenters. The topological polar surface area (TPSA) is 90.0 Å². The predicted octanol–water partition coefficient (Wildman–Crippen LogP) is 2.08. The number of carbonyl (C=O) groups excluding carboxylic acids is 2. The van der Waals surface area contributed by atoms with Gasteiger partial charge in [0.05, 0.1) is 12.2 Å². The Kier molecular flexibility index (Phi) is 8.20. The number of amides is 3. The average Bonchev–Trinajstić information content (AvgIpc) is 2.86. The number of anilines is 1. The van der Waals surface area contributed by atoms with E-state index in [4.69, 9.17) is 4.74 Å². The summed E-state index contributed by atoms with van der Waals surface area (Å²) in [7, 11) is 2.13. The lowest BCUT2D eigenvalue weighted by molar-refractivity contribution is -0.0586. The number of rotatable bonds is 6. The van der Waals surface area contributed by atoms with Crippen LogP contribution in [0.5, 0.6) is 0 Å². The zero-order valence-corrected chi connectivity index (χ0v) is 20.9. The lowest BCUT2D eigenvalue weighted by Crippen LogP contribution is -2.48. The first-order valence-corrected chi connectivity index (χ1v) is 12.3. The molecule has 4 rings (SSSR count). The number of hydrogen-bond acceptors (Lipinski definition) is 6. The molecule has 35 heavy (non-hydrogen) atoms. The highest BCUT2D eigenvalue weighted by atomic mass is 16.5. The van der Waals surface area contributed by atoms with Crippen LogP contribution in [0.1, 0.15) is 35.3 Å². The number of nitrogens with one attached hydrogen (secondary N) is 2. The summed E-state index contributed by atoms with van der Waals surface area (Å²) in [4.78, 5) is 36.0. The number of carbonyl (C=O) groups is 2. The number of morpholine rings is 1. The molecule has 0 spiro atoms. The minimum atomic E-state index is -0.246. The van der Waals surface area contributed by atoms with Gasteiger partial charge in [0.2, 0.25) is 0 Å². The van der Waals surface area contributed by atoms with E-state index in [0.717, 1.165) is 43.1 Å². The summed E-state index contributed by atoms with van der Waals surface area (Å²) in [5.41, 5.74) is 2.53. The van der Waals surface area contributed by atoms with Gasteiger partial charge in [-0.05, 0) is 50.2 Å². The van der Waals surface area contributed by atoms with Crippen LogP contribution in [0.2, 0.25) is 0 Å². The Labute approximate surface area is 207 Å². The summed E-state index contributed by atoms with van der Waals surface area (Å²) < 4.78 is 5.71. The van der Waals surface area contributed by atoms with Crippen LogP contribution in [0.3, 0.4) is 0 Å². The molecule has 188 valence electrons. The van der Waals surface area contributed by atoms with E-state index in [1.165, 1.54) is 0 Å². The third-order valence-corrected chi connectivity index (χ3v) is 6.45. The standard InChI is InChI=1S/C26H36N6O3/c1-19-17-32(18-20(2)35-19)25(33)23-7-4-21(5-8-23)14-28-26(34)29-16-22-6-9-24(27-15-22)31-12-10-30(3)11-13-31/h4-9,15,19-20H,10-14,16-18H2,1-3H3,(H2,28,29,34). The molecular formula is C26H36N6O3. The third kappa shape index (κ3) is 6.93. The largest absolute Gasteiger partial charge is 0.372 e. The third-order valence-electron chi connectivity index (χ3n) is 6.45. The van der Waals surface area contributed by atoms with Gasteiger partial charge < -0.3 is 30.1 Å². The Bertz CT molecular complexity index is 979. The minimum Gasteiger partial charge on any atom is -0.372 e. The van der Waals surface area contributed by atoms with E-state index in [2.05, 4.69) is 32.5 Å². The first kappa shape index (κ1) is 24.9. The maximum absolute atomic E-state index is 12.8. The molecule has 2 aliphatic rings. The van der Waals surface area contributed by atoms with Crippen molar-refractivity contribution in [1.29, 1.82) is 0 Å². The van der Waals surface area contributed by atoms with Crippen LogP contribution in [0, 0.1) is 0 Å². The minimum absolute atomic E-state index is 0.0107. The van der Waals surface area contributed by atoms with Crippen LogP contribution in [-0.2, 0) is 17.8 Å². The van der Waals surface area contributed by atoms with Crippen LogP contribution in [0.25, 0.3) is 0 Å². The highest BCUT2D eigenvalue weighted by Gasteiger charge is 2.26. The Balaban J connectivity index is 1.20. The molecule has 2 aliphatic heterocycles. The first-order chi connectivity index (χ1) is 16.9. The molecule has 9 nitrogen and oxygen atoms in total. The fraction of sp³-hybridized carbons (Fsp3) is 0.500. The molecule has 2 saturated heterocycles. The maximum Gasteiger partial charge on any atom is 0.315 e. The fourth-order valence-corrected chi connectivity index (χ4v) is 4.46. The molecule has 2 N–H and O–H groups in total. The number of benzene rings is 1. The molecule has 2 aromatic rings. The smallest absolute Gasteiger partial charge is 0.315 e. The van der Waals surface area contributed by atoms with Gasteiger partial charge in [-0.2, -0.15) is 0 Å². The van der Waals surface area contributed by atoms with Gasteiger partial charge in [-0.1, -0.05) is 18.2 Å². The average molecular weight is 481 g/mol. The lowest BCUT2D eigenvalue weighted by Gasteiger charge is -2.35. The van der Waals surface area contributed by atoms with Crippen molar-refractivity contribution in [2.24, 2.45) is 0 Å². The molecule has 0 bridgehead atoms. The quantitative estimate of drug-likeness (QED) is 0.658. The Morgan fingerprint density at radius 3 is 2.11 bits per heavy atom. The molecule has 0 aliphatic carbocycles. The van der Waals surface area contributed by atoms with E-state index < -0.39 is 0 Å². The van der Waals surface area contributed by atoms with Gasteiger partial charge in [-0.3, -0.25) is 4.79 Å². The second-order valence-electron chi connectivity index (χ2n) is 9.52. The van der Waals surface area contributed by atoms with E-state index in [0.29, 0.717) is 31.7 Å². The second kappa shape index (κ2) is 11.5. The molecule has 3 heterocycles. The van der Waals surface area contributed by atoms with Gasteiger partial charge in [0.25, 0.3) is 5.91 Å². The van der Waals surface area contributed by atoms with Crippen LogP contribution in [-0.4, -0.2) is 85.2 Å². The van der Waals surface area contributed by atoms with Crippen LogP contribution in [0.4, 0.5) is 10.6 Å². The van der Waals surface area contributed by atoms with Crippen LogP contribution < -0.4 is 15.5 Å². The Hall–Kier alpha value is -3.17. The highest BCUT2D eigenvalue weighted by molar-refractivity contribution is 5.94. The summed E-state index contributed by atoms with van der Waals surface area (Å²) in [6, 6.07) is 11.2. The van der Waals surface area contributed by atoms with Gasteiger partial charge in [0.1, 0.15) is 5.82 Å². The molecule has 2 atom stereocenters. The van der Waals surface area contributed by atoms with Crippen molar-refractivity contribution < 1.29 is 14.3 Å². The number of piperazine rings is 1. The van der Waals surface area contributed by atoms with Crippen LogP contribution in [0.15, 0.2) is 42.6 Å². The van der Waals surface area contributed by atoms with Crippen molar-refractivity contribution in [1.82, 2.24) is 25.4 Å². The number of urea groups is 1. The summed E-state index contributed by atoms with van der Waals surface area (Å²) in [6.45, 7) is 9.98. The van der Waals surface area contributed by atoms with Gasteiger partial charge in [-0.15, -0.1) is 0 Å². The SMILES string of the molecule is CC1CN(C(=O)c2ccc(CNC(=O)NCc3ccc(N4CCN(C)CC4)nc3)cc2)CC(C)O1. The summed E-state index contributed by atoms with van der Waals surface area (Å²) >= 11 is 0. The van der Waals surface area contributed by atoms with Gasteiger partial charge in [0, 0.05) is 64.1 Å². The zero-order valence-electron chi connectivity index (χ0n) is 20.9. The molecule has 0 saturated carbocycles. The summed E-state index contributed by atoms with van der Waals surface area (Å²) in [5.74, 6) is 0.988. The van der Waals surface area contributed by atoms with Crippen molar-refractivity contribution >= 4 is 17.8 Å². The van der Waals surface area contributed by atoms with Crippen molar-refractivity contribution in [3.05, 3.63) is 59.3 Å². The molecule has 1 aromatic heterocycles. The van der Waals surface area contributed by atoms with E-state index in [1.807, 2.05) is 61.3 Å². The van der Waals surface area contributed by atoms with E-state index in [1.54, 1.807) is 0 Å². The number of hydrogen-bond donors (Lipinski definition) is 2. The molecule has 2 fully saturated rings. The van der Waals surface area contributed by atoms with Crippen molar-refractivity contribution in [2.75, 3.05) is 51.2 Å². The number of nitrogens with zero attached hydrogens (tertiary/aromatic N) is 4. The van der Waals surface area contributed by atoms with Crippen molar-refractivity contribution in [2.45, 2.75) is 39.1 Å². The fourth-order valence-electron chi connectivity index (χ4n) is 4.46. The maximum atomic E-state index is 12.8. The van der Waals surface area contributed by atoms with Crippen LogP contribution >= 0.6 is 0 Å². The number of pyridine rings is 1. The lowest BCUT2D eigenvalue weighted by atomic mass is 10.1. The Morgan fingerprint density at radius 1 is 0.914 bits per heavy atom. The van der Waals surface area contributed by atoms with Crippen molar-refractivity contribution in [3.8, 4) is 0 Å². The van der Waals surface area contributed by atoms with Gasteiger partial charge >= 0.3 is 6.03 Å². The first-order valence-electron chi connectivity index (χ1n) is 12.3. The molecule has 9 heteroatoms. The predicted molar refractivity (Wildman–Crippen MR) is 135 cm³/mol. The van der Waals surface area contributed by atoms with Crippen molar-refractivity contribution in [3.63, 3.8) is 0 Å². The monoisotopic (exact) mass is 480 g/mol. The second-order valence-corrected chi connectivity index (χ2v) is 9.52. The summed E-state index contributed by atoms with van der Waals surface area (Å²) in [6.07, 6.45) is 1.89. The summed E-state index contributed by atoms with van der Waals surface area (Å²) in [5, 5.41) is 5.74. The molecule has 0 radical (unpaired) electrons. The van der Waals surface area contributed by atoms with E-state index in [-0.39, 0.29) is 24.1 Å². The molecule has 1 aromatic carbocycles. The van der Waals surface area contributed by atoms with Gasteiger partial charge in [-0.25, -0.2) is 9.78 Å². The zero-order chi connectivity index (χ0) is 24.8. The Morgan fingerprint density at radius 2 is 1.51 bits per heavy atom.